The smallest absolute Gasteiger partial charge is 0.342 e. The third-order valence-electron chi connectivity index (χ3n) is 2.84. The minimum absolute atomic E-state index is 0.334. The van der Waals surface area contributed by atoms with Gasteiger partial charge in [0.15, 0.2) is 0 Å². The Labute approximate surface area is 112 Å². The van der Waals surface area contributed by atoms with Crippen LogP contribution in [0.5, 0.6) is 0 Å². The molecule has 2 aromatic rings. The van der Waals surface area contributed by atoms with Crippen LogP contribution >= 0.6 is 0 Å². The largest absolute Gasteiger partial charge is 0.462 e. The molecular weight excluding hydrogens is 240 g/mol. The van der Waals surface area contributed by atoms with Crippen molar-refractivity contribution < 1.29 is 9.53 Å². The molecule has 0 spiro atoms. The SMILES string of the molecule is CCOC(=O)c1c(C)ncnc1-c1ccc(C)cc1. The van der Waals surface area contributed by atoms with E-state index in [4.69, 9.17) is 4.74 Å². The first-order valence-electron chi connectivity index (χ1n) is 6.19. The Hall–Kier alpha value is -2.23. The number of carbonyl (C=O) groups is 1. The van der Waals surface area contributed by atoms with Crippen LogP contribution in [0.3, 0.4) is 0 Å². The summed E-state index contributed by atoms with van der Waals surface area (Å²) in [6.07, 6.45) is 1.47. The zero-order chi connectivity index (χ0) is 13.8. The van der Waals surface area contributed by atoms with Gasteiger partial charge in [-0.1, -0.05) is 29.8 Å². The third-order valence-corrected chi connectivity index (χ3v) is 2.84. The number of hydrogen-bond acceptors (Lipinski definition) is 4. The molecule has 4 heteroatoms. The molecule has 0 saturated heterocycles. The number of carbonyl (C=O) groups excluding carboxylic acids is 1. The highest BCUT2D eigenvalue weighted by atomic mass is 16.5. The monoisotopic (exact) mass is 256 g/mol. The Morgan fingerprint density at radius 1 is 1.16 bits per heavy atom. The number of aromatic nitrogens is 2. The van der Waals surface area contributed by atoms with E-state index in [-0.39, 0.29) is 5.97 Å². The van der Waals surface area contributed by atoms with Crippen LogP contribution in [0.4, 0.5) is 0 Å². The van der Waals surface area contributed by atoms with Gasteiger partial charge in [-0.05, 0) is 20.8 Å². The fraction of sp³-hybridized carbons (Fsp3) is 0.267. The van der Waals surface area contributed by atoms with Gasteiger partial charge in [-0.25, -0.2) is 14.8 Å². The lowest BCUT2D eigenvalue weighted by molar-refractivity contribution is 0.0525. The van der Waals surface area contributed by atoms with Crippen molar-refractivity contribution in [2.75, 3.05) is 6.61 Å². The second-order valence-corrected chi connectivity index (χ2v) is 4.27. The molecule has 0 fully saturated rings. The molecule has 0 aliphatic rings. The number of ether oxygens (including phenoxy) is 1. The Bertz CT molecular complexity index is 592. The molecule has 4 nitrogen and oxygen atoms in total. The van der Waals surface area contributed by atoms with Gasteiger partial charge in [0.25, 0.3) is 0 Å². The zero-order valence-corrected chi connectivity index (χ0v) is 11.3. The minimum Gasteiger partial charge on any atom is -0.462 e. The first-order valence-corrected chi connectivity index (χ1v) is 6.19. The standard InChI is InChI=1S/C15H16N2O2/c1-4-19-15(18)13-11(3)16-9-17-14(13)12-7-5-10(2)6-8-12/h5-9H,4H2,1-3H3. The highest BCUT2D eigenvalue weighted by Gasteiger charge is 2.18. The molecule has 0 aliphatic carbocycles. The molecular formula is C15H16N2O2. The quantitative estimate of drug-likeness (QED) is 0.792. The second kappa shape index (κ2) is 5.61. The Morgan fingerprint density at radius 3 is 2.47 bits per heavy atom. The van der Waals surface area contributed by atoms with E-state index >= 15 is 0 Å². The molecule has 0 aliphatic heterocycles. The van der Waals surface area contributed by atoms with Gasteiger partial charge in [0, 0.05) is 5.56 Å². The molecule has 2 rings (SSSR count). The van der Waals surface area contributed by atoms with E-state index in [1.54, 1.807) is 13.8 Å². The molecule has 0 atom stereocenters. The lowest BCUT2D eigenvalue weighted by Gasteiger charge is -2.10. The molecule has 0 saturated carbocycles. The Balaban J connectivity index is 2.54. The Kier molecular flexibility index (Phi) is 3.90. The maximum atomic E-state index is 12.0. The summed E-state index contributed by atoms with van der Waals surface area (Å²) in [5, 5.41) is 0. The van der Waals surface area contributed by atoms with Gasteiger partial charge in [-0.2, -0.15) is 0 Å². The summed E-state index contributed by atoms with van der Waals surface area (Å²) >= 11 is 0. The predicted molar refractivity (Wildman–Crippen MR) is 72.9 cm³/mol. The van der Waals surface area contributed by atoms with E-state index in [0.717, 1.165) is 11.1 Å². The van der Waals surface area contributed by atoms with Gasteiger partial charge in [0.2, 0.25) is 0 Å². The van der Waals surface area contributed by atoms with Crippen LogP contribution in [0, 0.1) is 13.8 Å². The van der Waals surface area contributed by atoms with E-state index in [9.17, 15) is 4.79 Å². The fourth-order valence-electron chi connectivity index (χ4n) is 1.85. The number of hydrogen-bond donors (Lipinski definition) is 0. The molecule has 1 aromatic heterocycles. The van der Waals surface area contributed by atoms with E-state index in [1.807, 2.05) is 31.2 Å². The number of aryl methyl sites for hydroxylation is 2. The van der Waals surface area contributed by atoms with E-state index in [0.29, 0.717) is 23.6 Å². The summed E-state index contributed by atoms with van der Waals surface area (Å²) in [5.74, 6) is -0.379. The Morgan fingerprint density at radius 2 is 1.84 bits per heavy atom. The lowest BCUT2D eigenvalue weighted by Crippen LogP contribution is -2.11. The third kappa shape index (κ3) is 2.78. The maximum absolute atomic E-state index is 12.0. The number of nitrogens with zero attached hydrogens (tertiary/aromatic N) is 2. The summed E-state index contributed by atoms with van der Waals surface area (Å²) in [4.78, 5) is 20.3. The van der Waals surface area contributed by atoms with Crippen LogP contribution in [0.25, 0.3) is 11.3 Å². The van der Waals surface area contributed by atoms with Crippen LogP contribution in [-0.4, -0.2) is 22.5 Å². The lowest BCUT2D eigenvalue weighted by atomic mass is 10.0. The molecule has 98 valence electrons. The molecule has 1 heterocycles. The topological polar surface area (TPSA) is 52.1 Å². The highest BCUT2D eigenvalue weighted by molar-refractivity contribution is 5.97. The van der Waals surface area contributed by atoms with E-state index in [1.165, 1.54) is 6.33 Å². The molecule has 1 aromatic carbocycles. The fourth-order valence-corrected chi connectivity index (χ4v) is 1.85. The highest BCUT2D eigenvalue weighted by Crippen LogP contribution is 2.23. The predicted octanol–water partition coefficient (Wildman–Crippen LogP) is 2.94. The molecule has 0 amide bonds. The van der Waals surface area contributed by atoms with Gasteiger partial charge in [-0.15, -0.1) is 0 Å². The average molecular weight is 256 g/mol. The number of benzene rings is 1. The van der Waals surface area contributed by atoms with Crippen molar-refractivity contribution in [3.05, 3.63) is 47.4 Å². The van der Waals surface area contributed by atoms with Crippen molar-refractivity contribution in [3.8, 4) is 11.3 Å². The van der Waals surface area contributed by atoms with Crippen molar-refractivity contribution in [1.82, 2.24) is 9.97 Å². The van der Waals surface area contributed by atoms with Crippen LogP contribution in [-0.2, 0) is 4.74 Å². The molecule has 19 heavy (non-hydrogen) atoms. The van der Waals surface area contributed by atoms with Gasteiger partial charge < -0.3 is 4.74 Å². The normalized spacial score (nSPS) is 10.3. The summed E-state index contributed by atoms with van der Waals surface area (Å²) in [6, 6.07) is 7.86. The second-order valence-electron chi connectivity index (χ2n) is 4.27. The van der Waals surface area contributed by atoms with Gasteiger partial charge in [0.1, 0.15) is 11.9 Å². The number of esters is 1. The van der Waals surface area contributed by atoms with Crippen molar-refractivity contribution >= 4 is 5.97 Å². The van der Waals surface area contributed by atoms with Crippen LogP contribution in [0.2, 0.25) is 0 Å². The van der Waals surface area contributed by atoms with Gasteiger partial charge in [-0.3, -0.25) is 0 Å². The summed E-state index contributed by atoms with van der Waals surface area (Å²) < 4.78 is 5.08. The summed E-state index contributed by atoms with van der Waals surface area (Å²) in [7, 11) is 0. The van der Waals surface area contributed by atoms with Crippen LogP contribution < -0.4 is 0 Å². The first kappa shape index (κ1) is 13.2. The zero-order valence-electron chi connectivity index (χ0n) is 11.3. The van der Waals surface area contributed by atoms with Crippen molar-refractivity contribution in [2.24, 2.45) is 0 Å². The molecule has 0 radical (unpaired) electrons. The van der Waals surface area contributed by atoms with Crippen LogP contribution in [0.1, 0.15) is 28.5 Å². The van der Waals surface area contributed by atoms with Gasteiger partial charge >= 0.3 is 5.97 Å². The average Bonchev–Trinajstić information content (AvgIpc) is 2.39. The van der Waals surface area contributed by atoms with Crippen molar-refractivity contribution in [1.29, 1.82) is 0 Å². The van der Waals surface area contributed by atoms with Gasteiger partial charge in [0.05, 0.1) is 18.0 Å². The van der Waals surface area contributed by atoms with Crippen molar-refractivity contribution in [3.63, 3.8) is 0 Å². The number of rotatable bonds is 3. The first-order chi connectivity index (χ1) is 9.13. The van der Waals surface area contributed by atoms with E-state index < -0.39 is 0 Å². The maximum Gasteiger partial charge on any atom is 0.342 e. The minimum atomic E-state index is -0.379. The summed E-state index contributed by atoms with van der Waals surface area (Å²) in [6.45, 7) is 5.91. The molecule has 0 unspecified atom stereocenters. The summed E-state index contributed by atoms with van der Waals surface area (Å²) in [5.41, 5.74) is 3.73. The van der Waals surface area contributed by atoms with E-state index in [2.05, 4.69) is 9.97 Å². The van der Waals surface area contributed by atoms with Crippen molar-refractivity contribution in [2.45, 2.75) is 20.8 Å². The van der Waals surface area contributed by atoms with Crippen LogP contribution in [0.15, 0.2) is 30.6 Å². The molecule has 0 bridgehead atoms. The molecule has 0 N–H and O–H groups in total.